The topological polar surface area (TPSA) is 38.7 Å². The molecule has 3 nitrogen and oxygen atoms in total. The Kier molecular flexibility index (Phi) is 4.95. The van der Waals surface area contributed by atoms with Crippen LogP contribution in [-0.4, -0.2) is 25.4 Å². The van der Waals surface area contributed by atoms with Gasteiger partial charge in [-0.25, -0.2) is 9.78 Å². The minimum absolute atomic E-state index is 0.142. The summed E-state index contributed by atoms with van der Waals surface area (Å²) in [4.78, 5) is 8.83. The van der Waals surface area contributed by atoms with Crippen LogP contribution in [-0.2, 0) is 9.78 Å². The lowest BCUT2D eigenvalue weighted by Crippen LogP contribution is -2.08. The van der Waals surface area contributed by atoms with Gasteiger partial charge in [-0.1, -0.05) is 6.92 Å². The van der Waals surface area contributed by atoms with Gasteiger partial charge >= 0.3 is 0 Å². The summed E-state index contributed by atoms with van der Waals surface area (Å²) in [6.07, 6.45) is 0. The summed E-state index contributed by atoms with van der Waals surface area (Å²) in [5.41, 5.74) is 0. The average molecular weight is 120 g/mol. The first-order valence-electron chi connectivity index (χ1n) is 2.57. The molecular weight excluding hydrogens is 108 g/mol. The zero-order valence-electron chi connectivity index (χ0n) is 5.26. The largest absolute Gasteiger partial charge is 0.396 e. The van der Waals surface area contributed by atoms with Crippen molar-refractivity contribution in [1.29, 1.82) is 0 Å². The van der Waals surface area contributed by atoms with Gasteiger partial charge in [-0.2, -0.15) is 0 Å². The van der Waals surface area contributed by atoms with E-state index in [2.05, 4.69) is 9.78 Å². The van der Waals surface area contributed by atoms with E-state index in [9.17, 15) is 0 Å². The second-order valence-corrected chi connectivity index (χ2v) is 1.74. The van der Waals surface area contributed by atoms with E-state index in [1.54, 1.807) is 0 Å². The SMILES string of the molecule is COOCC(C)CO. The lowest BCUT2D eigenvalue weighted by Gasteiger charge is -2.04. The van der Waals surface area contributed by atoms with Crippen LogP contribution >= 0.6 is 0 Å². The molecule has 0 aliphatic carbocycles. The van der Waals surface area contributed by atoms with E-state index in [0.29, 0.717) is 6.61 Å². The zero-order valence-corrected chi connectivity index (χ0v) is 5.26. The van der Waals surface area contributed by atoms with Crippen molar-refractivity contribution in [3.63, 3.8) is 0 Å². The Balaban J connectivity index is 2.86. The molecule has 0 rings (SSSR count). The summed E-state index contributed by atoms with van der Waals surface area (Å²) in [6.45, 7) is 2.47. The van der Waals surface area contributed by atoms with Gasteiger partial charge in [0.15, 0.2) is 0 Å². The van der Waals surface area contributed by atoms with Crippen molar-refractivity contribution in [3.8, 4) is 0 Å². The fraction of sp³-hybridized carbons (Fsp3) is 1.00. The maximum Gasteiger partial charge on any atom is 0.0869 e. The molecule has 0 saturated carbocycles. The van der Waals surface area contributed by atoms with Crippen molar-refractivity contribution in [2.75, 3.05) is 20.3 Å². The van der Waals surface area contributed by atoms with Crippen LogP contribution in [0.2, 0.25) is 0 Å². The molecule has 0 spiro atoms. The molecule has 0 aromatic rings. The third kappa shape index (κ3) is 4.05. The third-order valence-electron chi connectivity index (χ3n) is 0.782. The molecule has 0 heterocycles. The number of rotatable bonds is 4. The van der Waals surface area contributed by atoms with E-state index in [4.69, 9.17) is 5.11 Å². The molecule has 0 aliphatic heterocycles. The fourth-order valence-corrected chi connectivity index (χ4v) is 0.237. The molecule has 0 radical (unpaired) electrons. The molecule has 8 heavy (non-hydrogen) atoms. The Morgan fingerprint density at radius 3 is 2.62 bits per heavy atom. The third-order valence-corrected chi connectivity index (χ3v) is 0.782. The van der Waals surface area contributed by atoms with Crippen molar-refractivity contribution in [1.82, 2.24) is 0 Å². The number of hydrogen-bond acceptors (Lipinski definition) is 3. The summed E-state index contributed by atoms with van der Waals surface area (Å²) in [7, 11) is 1.45. The quantitative estimate of drug-likeness (QED) is 0.425. The van der Waals surface area contributed by atoms with Gasteiger partial charge in [-0.05, 0) is 0 Å². The standard InChI is InChI=1S/C5H12O3/c1-5(3-6)4-8-7-2/h5-6H,3-4H2,1-2H3. The van der Waals surface area contributed by atoms with Gasteiger partial charge < -0.3 is 5.11 Å². The van der Waals surface area contributed by atoms with Crippen LogP contribution in [0, 0.1) is 5.92 Å². The van der Waals surface area contributed by atoms with Gasteiger partial charge in [-0.15, -0.1) is 0 Å². The molecule has 0 aromatic heterocycles. The molecule has 0 saturated heterocycles. The average Bonchev–Trinajstić information content (AvgIpc) is 1.83. The molecule has 0 aromatic carbocycles. The van der Waals surface area contributed by atoms with Gasteiger partial charge in [0.2, 0.25) is 0 Å². The number of hydrogen-bond donors (Lipinski definition) is 1. The molecule has 1 atom stereocenters. The van der Waals surface area contributed by atoms with Gasteiger partial charge in [0.25, 0.3) is 0 Å². The highest BCUT2D eigenvalue weighted by Crippen LogP contribution is 1.91. The van der Waals surface area contributed by atoms with Crippen LogP contribution in [0.4, 0.5) is 0 Å². The molecule has 3 heteroatoms. The Morgan fingerprint density at radius 1 is 1.62 bits per heavy atom. The van der Waals surface area contributed by atoms with E-state index in [-0.39, 0.29) is 12.5 Å². The van der Waals surface area contributed by atoms with Crippen molar-refractivity contribution < 1.29 is 14.9 Å². The van der Waals surface area contributed by atoms with Gasteiger partial charge in [-0.3, -0.25) is 0 Å². The second-order valence-electron chi connectivity index (χ2n) is 1.74. The molecule has 1 unspecified atom stereocenters. The van der Waals surface area contributed by atoms with Crippen LogP contribution in [0.25, 0.3) is 0 Å². The second kappa shape index (κ2) is 5.03. The van der Waals surface area contributed by atoms with Crippen molar-refractivity contribution >= 4 is 0 Å². The van der Waals surface area contributed by atoms with E-state index >= 15 is 0 Å². The maximum atomic E-state index is 8.43. The first-order valence-corrected chi connectivity index (χ1v) is 2.57. The van der Waals surface area contributed by atoms with E-state index in [0.717, 1.165) is 0 Å². The van der Waals surface area contributed by atoms with Crippen molar-refractivity contribution in [2.24, 2.45) is 5.92 Å². The molecule has 1 N–H and O–H groups in total. The van der Waals surface area contributed by atoms with Crippen LogP contribution in [0.5, 0.6) is 0 Å². The van der Waals surface area contributed by atoms with Crippen molar-refractivity contribution in [3.05, 3.63) is 0 Å². The smallest absolute Gasteiger partial charge is 0.0869 e. The molecular formula is C5H12O3. The minimum Gasteiger partial charge on any atom is -0.396 e. The highest BCUT2D eigenvalue weighted by atomic mass is 17.2. The Morgan fingerprint density at radius 2 is 2.25 bits per heavy atom. The molecule has 0 aliphatic rings. The summed E-state index contributed by atoms with van der Waals surface area (Å²) < 4.78 is 0. The Hall–Kier alpha value is -0.120. The van der Waals surface area contributed by atoms with E-state index < -0.39 is 0 Å². The number of aliphatic hydroxyl groups is 1. The minimum atomic E-state index is 0.142. The van der Waals surface area contributed by atoms with Crippen LogP contribution in [0.3, 0.4) is 0 Å². The first kappa shape index (κ1) is 7.88. The first-order chi connectivity index (χ1) is 3.81. The van der Waals surface area contributed by atoms with Crippen LogP contribution in [0.15, 0.2) is 0 Å². The van der Waals surface area contributed by atoms with Crippen LogP contribution in [0.1, 0.15) is 6.92 Å². The molecule has 0 bridgehead atoms. The van der Waals surface area contributed by atoms with Gasteiger partial charge in [0, 0.05) is 12.5 Å². The monoisotopic (exact) mass is 120 g/mol. The van der Waals surface area contributed by atoms with Crippen molar-refractivity contribution in [2.45, 2.75) is 6.92 Å². The Bertz CT molecular complexity index is 46.9. The lowest BCUT2D eigenvalue weighted by molar-refractivity contribution is -0.280. The van der Waals surface area contributed by atoms with Gasteiger partial charge in [0.1, 0.15) is 0 Å². The molecule has 50 valence electrons. The van der Waals surface area contributed by atoms with Gasteiger partial charge in [0.05, 0.1) is 13.7 Å². The predicted octanol–water partition coefficient (Wildman–Crippen LogP) is 0.193. The zero-order chi connectivity index (χ0) is 6.41. The predicted molar refractivity (Wildman–Crippen MR) is 29.2 cm³/mol. The number of aliphatic hydroxyl groups excluding tert-OH is 1. The highest BCUT2D eigenvalue weighted by molar-refractivity contribution is 4.42. The normalized spacial score (nSPS) is 13.9. The summed E-state index contributed by atoms with van der Waals surface area (Å²) in [5.74, 6) is 0.162. The lowest BCUT2D eigenvalue weighted by atomic mass is 10.2. The summed E-state index contributed by atoms with van der Waals surface area (Å²) >= 11 is 0. The fourth-order valence-electron chi connectivity index (χ4n) is 0.237. The maximum absolute atomic E-state index is 8.43. The summed E-state index contributed by atoms with van der Waals surface area (Å²) in [5, 5.41) is 8.43. The molecule has 0 fully saturated rings. The molecule has 0 amide bonds. The van der Waals surface area contributed by atoms with E-state index in [1.807, 2.05) is 6.92 Å². The van der Waals surface area contributed by atoms with E-state index in [1.165, 1.54) is 7.11 Å². The Labute approximate surface area is 49.1 Å². The summed E-state index contributed by atoms with van der Waals surface area (Å²) in [6, 6.07) is 0. The van der Waals surface area contributed by atoms with Crippen LogP contribution < -0.4 is 0 Å². The highest BCUT2D eigenvalue weighted by Gasteiger charge is 1.97.